The summed E-state index contributed by atoms with van der Waals surface area (Å²) in [6, 6.07) is 14.6. The first kappa shape index (κ1) is 16.3. The number of amides is 1. The van der Waals surface area contributed by atoms with E-state index in [0.29, 0.717) is 18.7 Å². The molecule has 1 N–H and O–H groups in total. The molecule has 5 nitrogen and oxygen atoms in total. The first-order chi connectivity index (χ1) is 11.6. The molecule has 0 saturated heterocycles. The fourth-order valence-corrected chi connectivity index (χ4v) is 2.97. The Labute approximate surface area is 142 Å². The molecule has 0 spiro atoms. The summed E-state index contributed by atoms with van der Waals surface area (Å²) < 4.78 is 5.74. The van der Waals surface area contributed by atoms with Crippen LogP contribution < -0.4 is 9.64 Å². The molecule has 1 atom stereocenters. The molecule has 126 valence electrons. The molecule has 1 unspecified atom stereocenters. The van der Waals surface area contributed by atoms with Crippen LogP contribution in [0.4, 0.5) is 5.69 Å². The minimum atomic E-state index is -0.398. The van der Waals surface area contributed by atoms with Crippen molar-refractivity contribution in [3.8, 4) is 5.75 Å². The third-order valence-corrected chi connectivity index (χ3v) is 4.31. The highest BCUT2D eigenvalue weighted by molar-refractivity contribution is 5.95. The summed E-state index contributed by atoms with van der Waals surface area (Å²) >= 11 is 0. The third-order valence-electron chi connectivity index (χ3n) is 4.31. The number of carbonyl (C=O) groups excluding carboxylic acids is 1. The quantitative estimate of drug-likeness (QED) is 0.940. The van der Waals surface area contributed by atoms with Gasteiger partial charge < -0.3 is 19.6 Å². The molecule has 1 amide bonds. The van der Waals surface area contributed by atoms with Crippen molar-refractivity contribution < 1.29 is 14.6 Å². The summed E-state index contributed by atoms with van der Waals surface area (Å²) in [5.41, 5.74) is 2.49. The van der Waals surface area contributed by atoms with E-state index in [9.17, 15) is 9.90 Å². The fraction of sp³-hybridized carbons (Fsp3) is 0.316. The molecule has 0 aromatic heterocycles. The predicted molar refractivity (Wildman–Crippen MR) is 93.6 cm³/mol. The molecule has 1 aliphatic rings. The second-order valence-corrected chi connectivity index (χ2v) is 6.02. The number of nitrogens with zero attached hydrogens (tertiary/aromatic N) is 2. The van der Waals surface area contributed by atoms with E-state index in [2.05, 4.69) is 0 Å². The van der Waals surface area contributed by atoms with Crippen LogP contribution in [-0.2, 0) is 0 Å². The van der Waals surface area contributed by atoms with Gasteiger partial charge in [0.1, 0.15) is 12.4 Å². The Morgan fingerprint density at radius 1 is 1.21 bits per heavy atom. The number of fused-ring (bicyclic) bond motifs is 1. The van der Waals surface area contributed by atoms with E-state index in [-0.39, 0.29) is 12.5 Å². The molecule has 1 heterocycles. The fourth-order valence-electron chi connectivity index (χ4n) is 2.97. The molecule has 24 heavy (non-hydrogen) atoms. The summed E-state index contributed by atoms with van der Waals surface area (Å²) in [5.74, 6) is 0.634. The lowest BCUT2D eigenvalue weighted by Gasteiger charge is -2.28. The van der Waals surface area contributed by atoms with Crippen molar-refractivity contribution in [2.75, 3.05) is 38.8 Å². The molecule has 3 rings (SSSR count). The largest absolute Gasteiger partial charge is 0.491 e. The number of aliphatic hydroxyl groups excluding tert-OH is 1. The highest BCUT2D eigenvalue weighted by Gasteiger charge is 2.30. The van der Waals surface area contributed by atoms with E-state index in [0.717, 1.165) is 17.0 Å². The van der Waals surface area contributed by atoms with Gasteiger partial charge in [-0.25, -0.2) is 0 Å². The average molecular weight is 326 g/mol. The zero-order valence-corrected chi connectivity index (χ0v) is 14.0. The number of anilines is 1. The van der Waals surface area contributed by atoms with Crippen LogP contribution in [0.3, 0.4) is 0 Å². The Morgan fingerprint density at radius 3 is 2.58 bits per heavy atom. The number of ether oxygens (including phenoxy) is 1. The number of carbonyl (C=O) groups is 1. The van der Waals surface area contributed by atoms with Crippen molar-refractivity contribution in [2.24, 2.45) is 0 Å². The lowest BCUT2D eigenvalue weighted by atomic mass is 10.0. The molecular weight excluding hydrogens is 304 g/mol. The van der Waals surface area contributed by atoms with E-state index in [1.807, 2.05) is 67.5 Å². The van der Waals surface area contributed by atoms with Gasteiger partial charge in [-0.2, -0.15) is 0 Å². The van der Waals surface area contributed by atoms with E-state index in [1.165, 1.54) is 0 Å². The molecule has 0 bridgehead atoms. The Bertz CT molecular complexity index is 713. The maximum Gasteiger partial charge on any atom is 0.254 e. The maximum atomic E-state index is 13.0. The molecule has 0 fully saturated rings. The molecule has 0 saturated carbocycles. The molecular formula is C19H22N2O3. The van der Waals surface area contributed by atoms with Gasteiger partial charge in [-0.3, -0.25) is 4.79 Å². The van der Waals surface area contributed by atoms with Gasteiger partial charge in [-0.15, -0.1) is 0 Å². The first-order valence-corrected chi connectivity index (χ1v) is 8.02. The smallest absolute Gasteiger partial charge is 0.254 e. The van der Waals surface area contributed by atoms with Crippen molar-refractivity contribution >= 4 is 11.6 Å². The van der Waals surface area contributed by atoms with Crippen LogP contribution in [0.25, 0.3) is 0 Å². The van der Waals surface area contributed by atoms with Crippen LogP contribution in [0.5, 0.6) is 5.75 Å². The molecule has 2 aromatic rings. The van der Waals surface area contributed by atoms with Gasteiger partial charge in [0.2, 0.25) is 0 Å². The summed E-state index contributed by atoms with van der Waals surface area (Å²) in [5, 5.41) is 9.89. The van der Waals surface area contributed by atoms with E-state index < -0.39 is 6.04 Å². The van der Waals surface area contributed by atoms with E-state index >= 15 is 0 Å². The Kier molecular flexibility index (Phi) is 4.71. The Hall–Kier alpha value is -2.53. The van der Waals surface area contributed by atoms with Gasteiger partial charge in [0, 0.05) is 30.9 Å². The SMILES string of the molecule is CN(C)c1ccc(C(=O)N2CCOc3ccccc3C2CO)cc1. The van der Waals surface area contributed by atoms with Crippen LogP contribution in [0.1, 0.15) is 22.0 Å². The highest BCUT2D eigenvalue weighted by Crippen LogP contribution is 2.32. The topological polar surface area (TPSA) is 53.0 Å². The highest BCUT2D eigenvalue weighted by atomic mass is 16.5. The summed E-state index contributed by atoms with van der Waals surface area (Å²) in [6.45, 7) is 0.713. The minimum Gasteiger partial charge on any atom is -0.491 e. The lowest BCUT2D eigenvalue weighted by Crippen LogP contribution is -2.37. The average Bonchev–Trinajstić information content (AvgIpc) is 2.80. The van der Waals surface area contributed by atoms with Crippen molar-refractivity contribution in [3.05, 3.63) is 59.7 Å². The Morgan fingerprint density at radius 2 is 1.92 bits per heavy atom. The van der Waals surface area contributed by atoms with Gasteiger partial charge in [-0.05, 0) is 30.3 Å². The molecule has 0 aliphatic carbocycles. The standard InChI is InChI=1S/C19H22N2O3/c1-20(2)15-9-7-14(8-10-15)19(23)21-11-12-24-18-6-4-3-5-16(18)17(21)13-22/h3-10,17,22H,11-13H2,1-2H3. The minimum absolute atomic E-state index is 0.0975. The molecule has 2 aromatic carbocycles. The second-order valence-electron chi connectivity index (χ2n) is 6.02. The number of para-hydroxylation sites is 1. The number of benzene rings is 2. The number of aliphatic hydroxyl groups is 1. The maximum absolute atomic E-state index is 13.0. The van der Waals surface area contributed by atoms with Crippen LogP contribution >= 0.6 is 0 Å². The zero-order chi connectivity index (χ0) is 17.1. The first-order valence-electron chi connectivity index (χ1n) is 8.02. The van der Waals surface area contributed by atoms with Crippen LogP contribution in [0.2, 0.25) is 0 Å². The van der Waals surface area contributed by atoms with Crippen molar-refractivity contribution in [1.82, 2.24) is 4.90 Å². The van der Waals surface area contributed by atoms with Crippen LogP contribution in [0.15, 0.2) is 48.5 Å². The van der Waals surface area contributed by atoms with Gasteiger partial charge in [0.05, 0.1) is 19.2 Å². The van der Waals surface area contributed by atoms with Gasteiger partial charge >= 0.3 is 0 Å². The van der Waals surface area contributed by atoms with Crippen molar-refractivity contribution in [2.45, 2.75) is 6.04 Å². The van der Waals surface area contributed by atoms with Crippen molar-refractivity contribution in [3.63, 3.8) is 0 Å². The number of hydrogen-bond acceptors (Lipinski definition) is 4. The van der Waals surface area contributed by atoms with Gasteiger partial charge in [-0.1, -0.05) is 18.2 Å². The molecule has 5 heteroatoms. The molecule has 0 radical (unpaired) electrons. The van der Waals surface area contributed by atoms with E-state index in [1.54, 1.807) is 4.90 Å². The third kappa shape index (κ3) is 3.08. The Balaban J connectivity index is 1.91. The number of hydrogen-bond donors (Lipinski definition) is 1. The number of rotatable bonds is 3. The monoisotopic (exact) mass is 326 g/mol. The lowest BCUT2D eigenvalue weighted by molar-refractivity contribution is 0.0585. The predicted octanol–water partition coefficient (Wildman–Crippen LogP) is 2.32. The summed E-state index contributed by atoms with van der Waals surface area (Å²) in [7, 11) is 3.92. The van der Waals surface area contributed by atoms with Gasteiger partial charge in [0.15, 0.2) is 0 Å². The second kappa shape index (κ2) is 6.93. The molecule has 1 aliphatic heterocycles. The van der Waals surface area contributed by atoms with Gasteiger partial charge in [0.25, 0.3) is 5.91 Å². The van der Waals surface area contributed by atoms with Crippen molar-refractivity contribution in [1.29, 1.82) is 0 Å². The summed E-state index contributed by atoms with van der Waals surface area (Å²) in [4.78, 5) is 16.6. The summed E-state index contributed by atoms with van der Waals surface area (Å²) in [6.07, 6.45) is 0. The zero-order valence-electron chi connectivity index (χ0n) is 14.0. The van der Waals surface area contributed by atoms with Crippen LogP contribution in [-0.4, -0.2) is 49.8 Å². The van der Waals surface area contributed by atoms with E-state index in [4.69, 9.17) is 4.74 Å². The van der Waals surface area contributed by atoms with Crippen LogP contribution in [0, 0.1) is 0 Å². The normalized spacial score (nSPS) is 16.8.